The van der Waals surface area contributed by atoms with E-state index >= 15 is 0 Å². The third kappa shape index (κ3) is 1.70. The summed E-state index contributed by atoms with van der Waals surface area (Å²) < 4.78 is 30.5. The van der Waals surface area contributed by atoms with Crippen LogP contribution in [0.3, 0.4) is 0 Å². The summed E-state index contributed by atoms with van der Waals surface area (Å²) in [6.45, 7) is 1.62. The minimum Gasteiger partial charge on any atom is -0.434 e. The van der Waals surface area contributed by atoms with E-state index in [1.165, 1.54) is 0 Å². The lowest BCUT2D eigenvalue weighted by Gasteiger charge is -2.43. The number of nitrogens with two attached hydrogens (primary N) is 1. The number of nitrogens with zero attached hydrogens (tertiary/aromatic N) is 2. The van der Waals surface area contributed by atoms with Gasteiger partial charge in [0.2, 0.25) is 0 Å². The Morgan fingerprint density at radius 3 is 2.56 bits per heavy atom. The van der Waals surface area contributed by atoms with E-state index in [0.717, 1.165) is 0 Å². The summed E-state index contributed by atoms with van der Waals surface area (Å²) in [6, 6.07) is 0. The third-order valence-corrected chi connectivity index (χ3v) is 2.39. The molecule has 1 fully saturated rings. The molecule has 1 aliphatic rings. The lowest BCUT2D eigenvalue weighted by Crippen LogP contribution is -2.53. The van der Waals surface area contributed by atoms with Gasteiger partial charge in [0.15, 0.2) is 11.4 Å². The SMILES string of the molecule is Cc1nc(C2(OC(N)=O)CC(F)(F)C2)n[nH]1. The molecule has 16 heavy (non-hydrogen) atoms. The van der Waals surface area contributed by atoms with Gasteiger partial charge in [-0.05, 0) is 6.92 Å². The molecule has 1 amide bonds. The van der Waals surface area contributed by atoms with Crippen molar-refractivity contribution in [3.63, 3.8) is 0 Å². The number of rotatable bonds is 2. The summed E-state index contributed by atoms with van der Waals surface area (Å²) in [5.41, 5.74) is 3.36. The number of halogens is 2. The Labute approximate surface area is 89.2 Å². The smallest absolute Gasteiger partial charge is 0.405 e. The van der Waals surface area contributed by atoms with Crippen molar-refractivity contribution in [2.45, 2.75) is 31.3 Å². The number of hydrogen-bond acceptors (Lipinski definition) is 4. The average molecular weight is 232 g/mol. The first-order chi connectivity index (χ1) is 7.33. The highest BCUT2D eigenvalue weighted by Gasteiger charge is 2.62. The lowest BCUT2D eigenvalue weighted by molar-refractivity contribution is -0.212. The number of carbonyl (C=O) groups excluding carboxylic acids is 1. The first kappa shape index (κ1) is 10.8. The topological polar surface area (TPSA) is 93.9 Å². The van der Waals surface area contributed by atoms with Crippen LogP contribution in [0.25, 0.3) is 0 Å². The van der Waals surface area contributed by atoms with Gasteiger partial charge in [-0.25, -0.2) is 18.6 Å². The molecule has 88 valence electrons. The Balaban J connectivity index is 2.27. The number of amides is 1. The zero-order valence-corrected chi connectivity index (χ0v) is 8.46. The van der Waals surface area contributed by atoms with Crippen LogP contribution >= 0.6 is 0 Å². The number of ether oxygens (including phenoxy) is 1. The second-order valence-electron chi connectivity index (χ2n) is 3.87. The number of aromatic nitrogens is 3. The van der Waals surface area contributed by atoms with E-state index in [1.54, 1.807) is 6.92 Å². The van der Waals surface area contributed by atoms with E-state index in [-0.39, 0.29) is 5.82 Å². The molecule has 3 N–H and O–H groups in total. The summed E-state index contributed by atoms with van der Waals surface area (Å²) in [5, 5.41) is 6.23. The van der Waals surface area contributed by atoms with E-state index in [2.05, 4.69) is 15.2 Å². The summed E-state index contributed by atoms with van der Waals surface area (Å²) in [6.07, 6.45) is -2.39. The molecule has 1 aromatic heterocycles. The number of carbonyl (C=O) groups is 1. The van der Waals surface area contributed by atoms with Gasteiger partial charge in [-0.15, -0.1) is 0 Å². The maximum Gasteiger partial charge on any atom is 0.405 e. The van der Waals surface area contributed by atoms with E-state index < -0.39 is 30.5 Å². The lowest BCUT2D eigenvalue weighted by atomic mass is 9.75. The van der Waals surface area contributed by atoms with Crippen LogP contribution in [0.2, 0.25) is 0 Å². The molecule has 0 atom stereocenters. The Hall–Kier alpha value is -1.73. The molecule has 0 bridgehead atoms. The van der Waals surface area contributed by atoms with Gasteiger partial charge in [0.1, 0.15) is 5.82 Å². The molecule has 1 heterocycles. The molecule has 6 nitrogen and oxygen atoms in total. The zero-order valence-electron chi connectivity index (χ0n) is 8.46. The number of H-pyrrole nitrogens is 1. The van der Waals surface area contributed by atoms with Gasteiger partial charge >= 0.3 is 6.09 Å². The summed E-state index contributed by atoms with van der Waals surface area (Å²) in [5.74, 6) is -2.38. The molecule has 1 aromatic rings. The number of alkyl halides is 2. The maximum atomic E-state index is 12.9. The quantitative estimate of drug-likeness (QED) is 0.789. The van der Waals surface area contributed by atoms with E-state index in [9.17, 15) is 13.6 Å². The largest absolute Gasteiger partial charge is 0.434 e. The van der Waals surface area contributed by atoms with Gasteiger partial charge < -0.3 is 10.5 Å². The fraction of sp³-hybridized carbons (Fsp3) is 0.625. The fourth-order valence-corrected chi connectivity index (χ4v) is 1.80. The van der Waals surface area contributed by atoms with Crippen molar-refractivity contribution >= 4 is 6.09 Å². The number of primary amides is 1. The predicted octanol–water partition coefficient (Wildman–Crippen LogP) is 0.833. The Morgan fingerprint density at radius 2 is 2.19 bits per heavy atom. The van der Waals surface area contributed by atoms with Crippen molar-refractivity contribution in [2.75, 3.05) is 0 Å². The second-order valence-corrected chi connectivity index (χ2v) is 3.87. The highest BCUT2D eigenvalue weighted by Crippen LogP contribution is 2.53. The molecular formula is C8H10F2N4O2. The van der Waals surface area contributed by atoms with Gasteiger partial charge in [-0.3, -0.25) is 5.10 Å². The van der Waals surface area contributed by atoms with Gasteiger partial charge in [0.05, 0.1) is 12.8 Å². The molecule has 0 aliphatic heterocycles. The van der Waals surface area contributed by atoms with Gasteiger partial charge in [-0.1, -0.05) is 0 Å². The van der Waals surface area contributed by atoms with Gasteiger partial charge in [-0.2, -0.15) is 5.10 Å². The molecule has 1 aliphatic carbocycles. The molecule has 2 rings (SSSR count). The number of nitrogens with one attached hydrogen (secondary N) is 1. The summed E-state index contributed by atoms with van der Waals surface area (Å²) in [4.78, 5) is 14.6. The van der Waals surface area contributed by atoms with Crippen LogP contribution < -0.4 is 5.73 Å². The Morgan fingerprint density at radius 1 is 1.56 bits per heavy atom. The first-order valence-electron chi connectivity index (χ1n) is 4.59. The van der Waals surface area contributed by atoms with Crippen LogP contribution in [0.5, 0.6) is 0 Å². The van der Waals surface area contributed by atoms with Crippen LogP contribution in [0.15, 0.2) is 0 Å². The van der Waals surface area contributed by atoms with Crippen molar-refractivity contribution < 1.29 is 18.3 Å². The number of hydrogen-bond donors (Lipinski definition) is 2. The van der Waals surface area contributed by atoms with Crippen molar-refractivity contribution in [3.8, 4) is 0 Å². The van der Waals surface area contributed by atoms with Crippen LogP contribution in [-0.4, -0.2) is 27.2 Å². The first-order valence-corrected chi connectivity index (χ1v) is 4.59. The van der Waals surface area contributed by atoms with Gasteiger partial charge in [0.25, 0.3) is 5.92 Å². The van der Waals surface area contributed by atoms with Crippen LogP contribution in [0, 0.1) is 6.92 Å². The zero-order chi connectivity index (χ0) is 12.0. The van der Waals surface area contributed by atoms with Crippen molar-refractivity contribution in [1.29, 1.82) is 0 Å². The fourth-order valence-electron chi connectivity index (χ4n) is 1.80. The maximum absolute atomic E-state index is 12.9. The second kappa shape index (κ2) is 3.13. The third-order valence-electron chi connectivity index (χ3n) is 2.39. The Kier molecular flexibility index (Phi) is 2.11. The van der Waals surface area contributed by atoms with E-state index in [1.807, 2.05) is 0 Å². The molecule has 0 radical (unpaired) electrons. The molecule has 0 spiro atoms. The van der Waals surface area contributed by atoms with Crippen molar-refractivity contribution in [2.24, 2.45) is 5.73 Å². The molecule has 8 heteroatoms. The van der Waals surface area contributed by atoms with Crippen molar-refractivity contribution in [3.05, 3.63) is 11.6 Å². The molecule has 0 aromatic carbocycles. The normalized spacial score (nSPS) is 21.2. The molecular weight excluding hydrogens is 222 g/mol. The van der Waals surface area contributed by atoms with E-state index in [4.69, 9.17) is 10.5 Å². The summed E-state index contributed by atoms with van der Waals surface area (Å²) >= 11 is 0. The number of aromatic amines is 1. The van der Waals surface area contributed by atoms with Crippen LogP contribution in [-0.2, 0) is 10.3 Å². The van der Waals surface area contributed by atoms with Crippen molar-refractivity contribution in [1.82, 2.24) is 15.2 Å². The predicted molar refractivity (Wildman–Crippen MR) is 47.6 cm³/mol. The average Bonchev–Trinajstić information content (AvgIpc) is 2.46. The standard InChI is InChI=1S/C8H10F2N4O2/c1-4-12-5(14-13-4)7(16-6(11)15)2-8(9,10)3-7/h2-3H2,1H3,(H2,11,15)(H,12,13,14). The molecule has 0 saturated heterocycles. The van der Waals surface area contributed by atoms with E-state index in [0.29, 0.717) is 5.82 Å². The molecule has 0 unspecified atom stereocenters. The highest BCUT2D eigenvalue weighted by atomic mass is 19.3. The Bertz CT molecular complexity index is 423. The minimum absolute atomic E-state index is 0.0368. The monoisotopic (exact) mass is 232 g/mol. The van der Waals surface area contributed by atoms with Crippen LogP contribution in [0.4, 0.5) is 13.6 Å². The van der Waals surface area contributed by atoms with Gasteiger partial charge in [0, 0.05) is 0 Å². The number of aryl methyl sites for hydroxylation is 1. The summed E-state index contributed by atoms with van der Waals surface area (Å²) in [7, 11) is 0. The minimum atomic E-state index is -2.87. The highest BCUT2D eigenvalue weighted by molar-refractivity contribution is 5.65. The molecule has 1 saturated carbocycles. The van der Waals surface area contributed by atoms with Crippen LogP contribution in [0.1, 0.15) is 24.5 Å².